The summed E-state index contributed by atoms with van der Waals surface area (Å²) in [6.07, 6.45) is 2.99. The van der Waals surface area contributed by atoms with Gasteiger partial charge in [0.2, 0.25) is 5.91 Å². The molecule has 1 saturated carbocycles. The molecule has 3 heteroatoms. The maximum atomic E-state index is 13.4. The highest BCUT2D eigenvalue weighted by Gasteiger charge is 2.47. The van der Waals surface area contributed by atoms with Gasteiger partial charge in [-0.3, -0.25) is 4.79 Å². The van der Waals surface area contributed by atoms with Crippen molar-refractivity contribution in [3.05, 3.63) is 65.4 Å². The van der Waals surface area contributed by atoms with Crippen molar-refractivity contribution in [2.24, 2.45) is 0 Å². The van der Waals surface area contributed by atoms with E-state index < -0.39 is 0 Å². The van der Waals surface area contributed by atoms with E-state index in [0.717, 1.165) is 36.0 Å². The van der Waals surface area contributed by atoms with Crippen LogP contribution in [0.1, 0.15) is 36.1 Å². The van der Waals surface area contributed by atoms with E-state index in [9.17, 15) is 4.79 Å². The number of carbonyl (C=O) groups excluding carboxylic acids is 1. The molecular weight excluding hydrogens is 308 g/mol. The van der Waals surface area contributed by atoms with Crippen molar-refractivity contribution in [1.29, 1.82) is 0 Å². The zero-order chi connectivity index (χ0) is 17.6. The van der Waals surface area contributed by atoms with Crippen LogP contribution in [-0.2, 0) is 10.2 Å². The Morgan fingerprint density at radius 2 is 1.80 bits per heavy atom. The van der Waals surface area contributed by atoms with Crippen molar-refractivity contribution >= 4 is 22.5 Å². The average molecular weight is 332 g/mol. The summed E-state index contributed by atoms with van der Waals surface area (Å²) in [6, 6.07) is 16.5. The monoisotopic (exact) mass is 332 g/mol. The molecule has 0 spiro atoms. The van der Waals surface area contributed by atoms with E-state index in [1.165, 1.54) is 16.6 Å². The molecule has 128 valence electrons. The summed E-state index contributed by atoms with van der Waals surface area (Å²) in [5.74, 6) is 0.203. The van der Waals surface area contributed by atoms with Gasteiger partial charge in [-0.1, -0.05) is 36.8 Å². The number of benzene rings is 2. The fraction of sp³-hybridized carbons (Fsp3) is 0.318. The molecule has 1 heterocycles. The predicted molar refractivity (Wildman–Crippen MR) is 103 cm³/mol. The second-order valence-corrected chi connectivity index (χ2v) is 7.27. The van der Waals surface area contributed by atoms with Crippen molar-refractivity contribution in [3.63, 3.8) is 0 Å². The summed E-state index contributed by atoms with van der Waals surface area (Å²) in [6.45, 7) is 4.21. The molecule has 0 unspecified atom stereocenters. The fourth-order valence-electron chi connectivity index (χ4n) is 4.01. The Morgan fingerprint density at radius 3 is 2.44 bits per heavy atom. The third-order valence-electron chi connectivity index (χ3n) is 5.93. The SMILES string of the molecule is Cc1[nH]c2ccc(N(C)C(=O)C3(c4ccccc4)CCC3)cc2c1C. The normalized spacial score (nSPS) is 15.8. The summed E-state index contributed by atoms with van der Waals surface area (Å²) in [5, 5.41) is 1.19. The number of rotatable bonds is 3. The van der Waals surface area contributed by atoms with Crippen LogP contribution >= 0.6 is 0 Å². The Kier molecular flexibility index (Phi) is 3.68. The van der Waals surface area contributed by atoms with Crippen molar-refractivity contribution in [2.45, 2.75) is 38.5 Å². The molecule has 1 aromatic heterocycles. The van der Waals surface area contributed by atoms with E-state index >= 15 is 0 Å². The maximum Gasteiger partial charge on any atom is 0.237 e. The summed E-state index contributed by atoms with van der Waals surface area (Å²) in [5.41, 5.74) is 5.31. The Labute approximate surface area is 148 Å². The number of hydrogen-bond donors (Lipinski definition) is 1. The highest BCUT2D eigenvalue weighted by Crippen LogP contribution is 2.45. The van der Waals surface area contributed by atoms with Gasteiger partial charge in [0.25, 0.3) is 0 Å². The lowest BCUT2D eigenvalue weighted by molar-refractivity contribution is -0.126. The van der Waals surface area contributed by atoms with E-state index in [4.69, 9.17) is 0 Å². The minimum atomic E-state index is -0.353. The lowest BCUT2D eigenvalue weighted by Gasteiger charge is -2.43. The molecule has 0 bridgehead atoms. The summed E-state index contributed by atoms with van der Waals surface area (Å²) in [7, 11) is 1.90. The van der Waals surface area contributed by atoms with Crippen molar-refractivity contribution in [2.75, 3.05) is 11.9 Å². The fourth-order valence-corrected chi connectivity index (χ4v) is 4.01. The Hall–Kier alpha value is -2.55. The van der Waals surface area contributed by atoms with Gasteiger partial charge in [-0.2, -0.15) is 0 Å². The predicted octanol–water partition coefficient (Wildman–Crippen LogP) is 4.87. The van der Waals surface area contributed by atoms with Crippen molar-refractivity contribution in [3.8, 4) is 0 Å². The third-order valence-corrected chi connectivity index (χ3v) is 5.93. The zero-order valence-corrected chi connectivity index (χ0v) is 15.1. The van der Waals surface area contributed by atoms with E-state index in [0.29, 0.717) is 0 Å². The van der Waals surface area contributed by atoms with E-state index in [2.05, 4.69) is 43.1 Å². The highest BCUT2D eigenvalue weighted by molar-refractivity contribution is 6.03. The number of aromatic amines is 1. The number of amides is 1. The topological polar surface area (TPSA) is 36.1 Å². The van der Waals surface area contributed by atoms with Crippen LogP contribution in [0.3, 0.4) is 0 Å². The minimum absolute atomic E-state index is 0.203. The van der Waals surface area contributed by atoms with E-state index in [-0.39, 0.29) is 11.3 Å². The number of fused-ring (bicyclic) bond motifs is 1. The van der Waals surface area contributed by atoms with Gasteiger partial charge in [-0.25, -0.2) is 0 Å². The molecule has 2 aromatic carbocycles. The average Bonchev–Trinajstić information content (AvgIpc) is 2.88. The van der Waals surface area contributed by atoms with Crippen LogP contribution in [0.4, 0.5) is 5.69 Å². The molecule has 25 heavy (non-hydrogen) atoms. The number of hydrogen-bond acceptors (Lipinski definition) is 1. The summed E-state index contributed by atoms with van der Waals surface area (Å²) >= 11 is 0. The Bertz CT molecular complexity index is 935. The van der Waals surface area contributed by atoms with Gasteiger partial charge in [0.15, 0.2) is 0 Å². The van der Waals surface area contributed by atoms with Crippen molar-refractivity contribution in [1.82, 2.24) is 4.98 Å². The first-order chi connectivity index (χ1) is 12.0. The van der Waals surface area contributed by atoms with Crippen LogP contribution in [0.5, 0.6) is 0 Å². The number of H-pyrrole nitrogens is 1. The molecule has 3 nitrogen and oxygen atoms in total. The second kappa shape index (κ2) is 5.76. The maximum absolute atomic E-state index is 13.4. The van der Waals surface area contributed by atoms with Crippen LogP contribution in [0, 0.1) is 13.8 Å². The van der Waals surface area contributed by atoms with Crippen LogP contribution in [0.25, 0.3) is 10.9 Å². The van der Waals surface area contributed by atoms with Gasteiger partial charge < -0.3 is 9.88 Å². The number of aryl methyl sites for hydroxylation is 2. The molecule has 0 aliphatic heterocycles. The standard InChI is InChI=1S/C22H24N2O/c1-15-16(2)23-20-11-10-18(14-19(15)20)24(3)21(25)22(12-7-13-22)17-8-5-4-6-9-17/h4-6,8-11,14,23H,7,12-13H2,1-3H3. The number of likely N-dealkylation sites (N-methyl/N-ethyl adjacent to an activating group) is 1. The van der Waals surface area contributed by atoms with Crippen LogP contribution in [-0.4, -0.2) is 17.9 Å². The van der Waals surface area contributed by atoms with E-state index in [1.54, 1.807) is 0 Å². The van der Waals surface area contributed by atoms with Gasteiger partial charge >= 0.3 is 0 Å². The molecule has 1 fully saturated rings. The van der Waals surface area contributed by atoms with Crippen LogP contribution < -0.4 is 4.90 Å². The molecule has 1 amide bonds. The Balaban J connectivity index is 1.71. The van der Waals surface area contributed by atoms with Gasteiger partial charge in [0.1, 0.15) is 0 Å². The molecule has 1 N–H and O–H groups in total. The summed E-state index contributed by atoms with van der Waals surface area (Å²) in [4.78, 5) is 18.6. The van der Waals surface area contributed by atoms with E-state index in [1.807, 2.05) is 36.2 Å². The molecule has 0 atom stereocenters. The van der Waals surface area contributed by atoms with Gasteiger partial charge in [-0.15, -0.1) is 0 Å². The lowest BCUT2D eigenvalue weighted by atomic mass is 9.63. The third kappa shape index (κ3) is 2.38. The Morgan fingerprint density at radius 1 is 1.08 bits per heavy atom. The molecule has 1 aliphatic carbocycles. The number of anilines is 1. The number of nitrogens with zero attached hydrogens (tertiary/aromatic N) is 1. The smallest absolute Gasteiger partial charge is 0.237 e. The van der Waals surface area contributed by atoms with Crippen molar-refractivity contribution < 1.29 is 4.79 Å². The minimum Gasteiger partial charge on any atom is -0.358 e. The van der Waals surface area contributed by atoms with Gasteiger partial charge in [-0.05, 0) is 56.0 Å². The molecule has 0 radical (unpaired) electrons. The molecule has 4 rings (SSSR count). The van der Waals surface area contributed by atoms with Gasteiger partial charge in [0.05, 0.1) is 5.41 Å². The van der Waals surface area contributed by atoms with Crippen LogP contribution in [0.2, 0.25) is 0 Å². The number of nitrogens with one attached hydrogen (secondary N) is 1. The number of aromatic nitrogens is 1. The second-order valence-electron chi connectivity index (χ2n) is 7.27. The highest BCUT2D eigenvalue weighted by atomic mass is 16.2. The molecule has 3 aromatic rings. The molecule has 0 saturated heterocycles. The number of carbonyl (C=O) groups is 1. The zero-order valence-electron chi connectivity index (χ0n) is 15.1. The first kappa shape index (κ1) is 15.9. The quantitative estimate of drug-likeness (QED) is 0.730. The first-order valence-electron chi connectivity index (χ1n) is 8.95. The van der Waals surface area contributed by atoms with Crippen LogP contribution in [0.15, 0.2) is 48.5 Å². The first-order valence-corrected chi connectivity index (χ1v) is 8.95. The summed E-state index contributed by atoms with van der Waals surface area (Å²) < 4.78 is 0. The lowest BCUT2D eigenvalue weighted by Crippen LogP contribution is -2.50. The molecular formula is C22H24N2O. The van der Waals surface area contributed by atoms with Gasteiger partial charge in [0, 0.05) is 29.3 Å². The molecule has 1 aliphatic rings. The largest absolute Gasteiger partial charge is 0.358 e.